The van der Waals surface area contributed by atoms with Crippen molar-refractivity contribution in [3.8, 4) is 0 Å². The van der Waals surface area contributed by atoms with E-state index in [2.05, 4.69) is 0 Å². The van der Waals surface area contributed by atoms with Gasteiger partial charge in [-0.05, 0) is 51.7 Å². The van der Waals surface area contributed by atoms with Gasteiger partial charge >= 0.3 is 6.09 Å². The molecule has 2 N–H and O–H groups in total. The standard InChI is InChI=1S/C16H24N2O2/c1-16(2,3)20-15(19)18-11-7-6-10-14(18)12-8-4-5-9-13(12)17/h4-5,8-9,14H,6-7,10-11,17H2,1-3H3. The summed E-state index contributed by atoms with van der Waals surface area (Å²) in [5.41, 5.74) is 7.36. The van der Waals surface area contributed by atoms with Gasteiger partial charge in [-0.15, -0.1) is 0 Å². The van der Waals surface area contributed by atoms with E-state index in [0.29, 0.717) is 0 Å². The third kappa shape index (κ3) is 3.44. The zero-order valence-electron chi connectivity index (χ0n) is 12.6. The molecule has 0 radical (unpaired) electrons. The van der Waals surface area contributed by atoms with Crippen molar-refractivity contribution in [2.24, 2.45) is 0 Å². The molecule has 1 aliphatic rings. The summed E-state index contributed by atoms with van der Waals surface area (Å²) in [4.78, 5) is 14.2. The van der Waals surface area contributed by atoms with E-state index in [0.717, 1.165) is 37.1 Å². The lowest BCUT2D eigenvalue weighted by molar-refractivity contribution is 0.00961. The van der Waals surface area contributed by atoms with Gasteiger partial charge in [-0.3, -0.25) is 0 Å². The van der Waals surface area contributed by atoms with Gasteiger partial charge in [-0.25, -0.2) is 4.79 Å². The van der Waals surface area contributed by atoms with Gasteiger partial charge in [-0.1, -0.05) is 18.2 Å². The van der Waals surface area contributed by atoms with E-state index in [1.807, 2.05) is 49.9 Å². The second-order valence-electron chi connectivity index (χ2n) is 6.31. The summed E-state index contributed by atoms with van der Waals surface area (Å²) < 4.78 is 5.51. The molecule has 1 aliphatic heterocycles. The van der Waals surface area contributed by atoms with Crippen molar-refractivity contribution in [3.63, 3.8) is 0 Å². The molecule has 1 atom stereocenters. The Labute approximate surface area is 120 Å². The highest BCUT2D eigenvalue weighted by molar-refractivity contribution is 5.69. The number of hydrogen-bond acceptors (Lipinski definition) is 3. The zero-order valence-corrected chi connectivity index (χ0v) is 12.6. The lowest BCUT2D eigenvalue weighted by Gasteiger charge is -2.37. The van der Waals surface area contributed by atoms with Crippen LogP contribution in [0.1, 0.15) is 51.6 Å². The highest BCUT2D eigenvalue weighted by Gasteiger charge is 2.32. The van der Waals surface area contributed by atoms with E-state index >= 15 is 0 Å². The maximum Gasteiger partial charge on any atom is 0.410 e. The minimum Gasteiger partial charge on any atom is -0.444 e. The van der Waals surface area contributed by atoms with Crippen molar-refractivity contribution in [1.82, 2.24) is 4.90 Å². The molecule has 1 heterocycles. The van der Waals surface area contributed by atoms with Gasteiger partial charge in [0.25, 0.3) is 0 Å². The summed E-state index contributed by atoms with van der Waals surface area (Å²) in [6.07, 6.45) is 2.82. The summed E-state index contributed by atoms with van der Waals surface area (Å²) in [7, 11) is 0. The van der Waals surface area contributed by atoms with Crippen LogP contribution in [-0.2, 0) is 4.74 Å². The molecule has 1 saturated heterocycles. The average Bonchev–Trinajstić information content (AvgIpc) is 2.37. The quantitative estimate of drug-likeness (QED) is 0.795. The van der Waals surface area contributed by atoms with E-state index in [1.165, 1.54) is 0 Å². The summed E-state index contributed by atoms with van der Waals surface area (Å²) in [5, 5.41) is 0. The molecule has 4 heteroatoms. The molecule has 110 valence electrons. The number of rotatable bonds is 1. The zero-order chi connectivity index (χ0) is 14.8. The molecule has 20 heavy (non-hydrogen) atoms. The van der Waals surface area contributed by atoms with E-state index in [-0.39, 0.29) is 12.1 Å². The third-order valence-electron chi connectivity index (χ3n) is 3.49. The molecule has 1 fully saturated rings. The maximum atomic E-state index is 12.4. The first kappa shape index (κ1) is 14.7. The molecule has 0 bridgehead atoms. The lowest BCUT2D eigenvalue weighted by atomic mass is 9.94. The van der Waals surface area contributed by atoms with E-state index in [9.17, 15) is 4.79 Å². The highest BCUT2D eigenvalue weighted by Crippen LogP contribution is 2.34. The fraction of sp³-hybridized carbons (Fsp3) is 0.562. The number of piperidine rings is 1. The number of amides is 1. The first-order valence-electron chi connectivity index (χ1n) is 7.22. The Balaban J connectivity index is 2.22. The molecular weight excluding hydrogens is 252 g/mol. The number of anilines is 1. The van der Waals surface area contributed by atoms with Crippen molar-refractivity contribution in [3.05, 3.63) is 29.8 Å². The number of nitrogens with zero attached hydrogens (tertiary/aromatic N) is 1. The predicted molar refractivity (Wildman–Crippen MR) is 80.4 cm³/mol. The Bertz CT molecular complexity index is 480. The van der Waals surface area contributed by atoms with Crippen LogP contribution in [0.2, 0.25) is 0 Å². The Morgan fingerprint density at radius 1 is 1.30 bits per heavy atom. The molecule has 1 aromatic carbocycles. The topological polar surface area (TPSA) is 55.6 Å². The van der Waals surface area contributed by atoms with Crippen LogP contribution in [-0.4, -0.2) is 23.1 Å². The molecule has 2 rings (SSSR count). The van der Waals surface area contributed by atoms with Gasteiger partial charge in [0.2, 0.25) is 0 Å². The van der Waals surface area contributed by atoms with Crippen LogP contribution in [0.4, 0.5) is 10.5 Å². The van der Waals surface area contributed by atoms with Crippen molar-refractivity contribution in [1.29, 1.82) is 0 Å². The highest BCUT2D eigenvalue weighted by atomic mass is 16.6. The summed E-state index contributed by atoms with van der Waals surface area (Å²) in [6.45, 7) is 6.40. The molecule has 0 aliphatic carbocycles. The number of para-hydroxylation sites is 1. The molecule has 0 spiro atoms. The molecule has 4 nitrogen and oxygen atoms in total. The van der Waals surface area contributed by atoms with Crippen molar-refractivity contribution in [2.45, 2.75) is 51.7 Å². The number of nitrogens with two attached hydrogens (primary N) is 1. The fourth-order valence-electron chi connectivity index (χ4n) is 2.61. The molecule has 0 aromatic heterocycles. The number of likely N-dealkylation sites (tertiary alicyclic amines) is 1. The number of ether oxygens (including phenoxy) is 1. The van der Waals surface area contributed by atoms with Gasteiger partial charge < -0.3 is 15.4 Å². The summed E-state index contributed by atoms with van der Waals surface area (Å²) in [6, 6.07) is 7.80. The average molecular weight is 276 g/mol. The molecule has 1 aromatic rings. The van der Waals surface area contributed by atoms with E-state index in [1.54, 1.807) is 0 Å². The Morgan fingerprint density at radius 3 is 2.65 bits per heavy atom. The van der Waals surface area contributed by atoms with E-state index < -0.39 is 5.60 Å². The second-order valence-corrected chi connectivity index (χ2v) is 6.31. The van der Waals surface area contributed by atoms with Gasteiger partial charge in [0.15, 0.2) is 0 Å². The van der Waals surface area contributed by atoms with Crippen LogP contribution < -0.4 is 5.73 Å². The molecular formula is C16H24N2O2. The predicted octanol–water partition coefficient (Wildman–Crippen LogP) is 3.73. The van der Waals surface area contributed by atoms with Crippen LogP contribution in [0.15, 0.2) is 24.3 Å². The van der Waals surface area contributed by atoms with Gasteiger partial charge in [0, 0.05) is 12.2 Å². The maximum absolute atomic E-state index is 12.4. The normalized spacial score (nSPS) is 19.8. The van der Waals surface area contributed by atoms with Crippen LogP contribution in [0, 0.1) is 0 Å². The first-order chi connectivity index (χ1) is 9.38. The number of carbonyl (C=O) groups excluding carboxylic acids is 1. The van der Waals surface area contributed by atoms with Crippen LogP contribution in [0.5, 0.6) is 0 Å². The third-order valence-corrected chi connectivity index (χ3v) is 3.49. The van der Waals surface area contributed by atoms with Crippen LogP contribution in [0.25, 0.3) is 0 Å². The lowest BCUT2D eigenvalue weighted by Crippen LogP contribution is -2.42. The number of hydrogen-bond donors (Lipinski definition) is 1. The first-order valence-corrected chi connectivity index (χ1v) is 7.22. The Hall–Kier alpha value is -1.71. The Kier molecular flexibility index (Phi) is 4.21. The van der Waals surface area contributed by atoms with Gasteiger partial charge in [0.05, 0.1) is 6.04 Å². The number of benzene rings is 1. The van der Waals surface area contributed by atoms with E-state index in [4.69, 9.17) is 10.5 Å². The molecule has 1 amide bonds. The molecule has 1 unspecified atom stereocenters. The smallest absolute Gasteiger partial charge is 0.410 e. The Morgan fingerprint density at radius 2 is 2.00 bits per heavy atom. The van der Waals surface area contributed by atoms with Gasteiger partial charge in [-0.2, -0.15) is 0 Å². The van der Waals surface area contributed by atoms with Crippen molar-refractivity contribution in [2.75, 3.05) is 12.3 Å². The van der Waals surface area contributed by atoms with Crippen molar-refractivity contribution >= 4 is 11.8 Å². The molecule has 0 saturated carbocycles. The summed E-state index contributed by atoms with van der Waals surface area (Å²) >= 11 is 0. The van der Waals surface area contributed by atoms with Crippen LogP contribution in [0.3, 0.4) is 0 Å². The monoisotopic (exact) mass is 276 g/mol. The largest absolute Gasteiger partial charge is 0.444 e. The van der Waals surface area contributed by atoms with Gasteiger partial charge in [0.1, 0.15) is 5.60 Å². The summed E-state index contributed by atoms with van der Waals surface area (Å²) in [5.74, 6) is 0. The SMILES string of the molecule is CC(C)(C)OC(=O)N1CCCCC1c1ccccc1N. The fourth-order valence-corrected chi connectivity index (χ4v) is 2.61. The minimum atomic E-state index is -0.471. The van der Waals surface area contributed by atoms with Crippen molar-refractivity contribution < 1.29 is 9.53 Å². The minimum absolute atomic E-state index is 0.0276. The van der Waals surface area contributed by atoms with Crippen LogP contribution >= 0.6 is 0 Å². The number of nitrogen functional groups attached to an aromatic ring is 1. The number of carbonyl (C=O) groups is 1. The second kappa shape index (κ2) is 5.73.